The van der Waals surface area contributed by atoms with E-state index in [-0.39, 0.29) is 11.2 Å². The average Bonchev–Trinajstić information content (AvgIpc) is 3.30. The number of rotatable bonds is 4. The minimum absolute atomic E-state index is 0.0596. The fourth-order valence-corrected chi connectivity index (χ4v) is 5.46. The van der Waals surface area contributed by atoms with Crippen molar-refractivity contribution in [1.29, 1.82) is 0 Å². The number of hydrogen-bond donors (Lipinski definition) is 1. The molecule has 4 heteroatoms. The molecule has 0 fully saturated rings. The molecule has 0 saturated heterocycles. The molecule has 2 heterocycles. The van der Waals surface area contributed by atoms with E-state index >= 15 is 0 Å². The van der Waals surface area contributed by atoms with Crippen LogP contribution in [-0.2, 0) is 5.41 Å². The minimum atomic E-state index is -0.0596. The maximum atomic E-state index is 10.5. The smallest absolute Gasteiger partial charge is 0.209 e. The molecule has 0 spiro atoms. The van der Waals surface area contributed by atoms with Crippen molar-refractivity contribution in [3.05, 3.63) is 83.9 Å². The Morgan fingerprint density at radius 1 is 1.00 bits per heavy atom. The molecule has 0 radical (unpaired) electrons. The van der Waals surface area contributed by atoms with Gasteiger partial charge in [0.1, 0.15) is 17.3 Å². The molecular weight excluding hydrogens is 400 g/mol. The fourth-order valence-electron chi connectivity index (χ4n) is 4.47. The van der Waals surface area contributed by atoms with E-state index in [1.165, 1.54) is 17.0 Å². The van der Waals surface area contributed by atoms with Crippen molar-refractivity contribution in [2.45, 2.75) is 26.2 Å². The zero-order valence-electron chi connectivity index (χ0n) is 18.0. The molecule has 3 nitrogen and oxygen atoms in total. The first-order chi connectivity index (χ1) is 15.0. The average molecular weight is 426 g/mol. The third kappa shape index (κ3) is 3.28. The lowest BCUT2D eigenvalue weighted by atomic mass is 9.81. The van der Waals surface area contributed by atoms with Crippen LogP contribution in [-0.4, -0.2) is 26.9 Å². The van der Waals surface area contributed by atoms with Crippen molar-refractivity contribution in [3.63, 3.8) is 0 Å². The van der Waals surface area contributed by atoms with Gasteiger partial charge in [0.25, 0.3) is 0 Å². The Labute approximate surface area is 186 Å². The van der Waals surface area contributed by atoms with Crippen molar-refractivity contribution in [3.8, 4) is 16.3 Å². The normalized spacial score (nSPS) is 15.2. The highest BCUT2D eigenvalue weighted by molar-refractivity contribution is 7.21. The van der Waals surface area contributed by atoms with E-state index in [1.807, 2.05) is 30.3 Å². The van der Waals surface area contributed by atoms with E-state index in [1.54, 1.807) is 17.4 Å². The second-order valence-corrected chi connectivity index (χ2v) is 9.40. The van der Waals surface area contributed by atoms with E-state index in [9.17, 15) is 5.11 Å². The van der Waals surface area contributed by atoms with Gasteiger partial charge in [0, 0.05) is 17.7 Å². The lowest BCUT2D eigenvalue weighted by Gasteiger charge is -2.15. The topological polar surface area (TPSA) is 36.1 Å². The molecular formula is C27H25N2OS+. The Morgan fingerprint density at radius 3 is 2.58 bits per heavy atom. The van der Waals surface area contributed by atoms with Crippen LogP contribution < -0.4 is 0 Å². The van der Waals surface area contributed by atoms with Gasteiger partial charge in [-0.1, -0.05) is 36.4 Å². The number of aromatic hydroxyl groups is 1. The molecule has 1 aromatic heterocycles. The van der Waals surface area contributed by atoms with Gasteiger partial charge in [-0.15, -0.1) is 11.3 Å². The highest BCUT2D eigenvalue weighted by atomic mass is 32.1. The van der Waals surface area contributed by atoms with Gasteiger partial charge in [0.15, 0.2) is 5.71 Å². The molecule has 4 aromatic rings. The molecule has 3 aromatic carbocycles. The summed E-state index contributed by atoms with van der Waals surface area (Å²) in [5.74, 6) is 0.257. The summed E-state index contributed by atoms with van der Waals surface area (Å²) in [6.07, 6.45) is 4.36. The van der Waals surface area contributed by atoms with Crippen molar-refractivity contribution >= 4 is 39.0 Å². The number of hydrogen-bond acceptors (Lipinski definition) is 3. The van der Waals surface area contributed by atoms with Crippen LogP contribution in [0.3, 0.4) is 0 Å². The predicted octanol–water partition coefficient (Wildman–Crippen LogP) is 6.78. The first-order valence-corrected chi connectivity index (χ1v) is 11.4. The van der Waals surface area contributed by atoms with Gasteiger partial charge in [0.2, 0.25) is 5.69 Å². The third-order valence-electron chi connectivity index (χ3n) is 6.09. The molecule has 0 bridgehead atoms. The van der Waals surface area contributed by atoms with Crippen LogP contribution >= 0.6 is 11.3 Å². The minimum Gasteiger partial charge on any atom is -0.507 e. The summed E-state index contributed by atoms with van der Waals surface area (Å²) in [4.78, 5) is 4.72. The Kier molecular flexibility index (Phi) is 4.75. The van der Waals surface area contributed by atoms with Gasteiger partial charge < -0.3 is 5.11 Å². The summed E-state index contributed by atoms with van der Waals surface area (Å²) in [7, 11) is 0. The number of phenols is 1. The van der Waals surface area contributed by atoms with Gasteiger partial charge in [-0.05, 0) is 56.7 Å². The van der Waals surface area contributed by atoms with Crippen molar-refractivity contribution < 1.29 is 9.68 Å². The molecule has 0 unspecified atom stereocenters. The summed E-state index contributed by atoms with van der Waals surface area (Å²) in [5, 5.41) is 11.3. The summed E-state index contributed by atoms with van der Waals surface area (Å²) >= 11 is 1.60. The molecule has 31 heavy (non-hydrogen) atoms. The molecule has 0 aliphatic carbocycles. The standard InChI is InChI=1S/C27H24N2OS/c1-4-29-22-11-7-5-9-20(22)27(2,3)25(29)16-14-18-13-15-23(30)19(17-18)26-28-21-10-6-8-12-24(21)31-26/h5-17H,4H2,1-3H3/p+1. The summed E-state index contributed by atoms with van der Waals surface area (Å²) < 4.78 is 3.51. The van der Waals surface area contributed by atoms with Crippen LogP contribution in [0.25, 0.3) is 26.9 Å². The summed E-state index contributed by atoms with van der Waals surface area (Å²) in [5.41, 5.74) is 6.65. The van der Waals surface area contributed by atoms with Gasteiger partial charge >= 0.3 is 0 Å². The van der Waals surface area contributed by atoms with E-state index in [0.29, 0.717) is 0 Å². The van der Waals surface area contributed by atoms with Gasteiger partial charge in [0.05, 0.1) is 21.2 Å². The summed E-state index contributed by atoms with van der Waals surface area (Å²) in [6, 6.07) is 22.5. The van der Waals surface area contributed by atoms with E-state index < -0.39 is 0 Å². The number of allylic oxidation sites excluding steroid dienone is 1. The van der Waals surface area contributed by atoms with E-state index in [2.05, 4.69) is 67.8 Å². The number of benzene rings is 3. The third-order valence-corrected chi connectivity index (χ3v) is 7.16. The van der Waals surface area contributed by atoms with Crippen molar-refractivity contribution in [1.82, 2.24) is 4.98 Å². The van der Waals surface area contributed by atoms with E-state index in [0.717, 1.165) is 32.9 Å². The number of aromatic nitrogens is 1. The second kappa shape index (κ2) is 7.47. The first kappa shape index (κ1) is 19.7. The zero-order valence-corrected chi connectivity index (χ0v) is 18.8. The molecule has 5 rings (SSSR count). The van der Waals surface area contributed by atoms with Gasteiger partial charge in [-0.25, -0.2) is 4.98 Å². The molecule has 0 saturated carbocycles. The van der Waals surface area contributed by atoms with Crippen molar-refractivity contribution in [2.24, 2.45) is 0 Å². The fraction of sp³-hybridized carbons (Fsp3) is 0.185. The van der Waals surface area contributed by atoms with Crippen molar-refractivity contribution in [2.75, 3.05) is 6.54 Å². The maximum Gasteiger partial charge on any atom is 0.209 e. The number of para-hydroxylation sites is 2. The summed E-state index contributed by atoms with van der Waals surface area (Å²) in [6.45, 7) is 7.68. The quantitative estimate of drug-likeness (QED) is 0.366. The zero-order chi connectivity index (χ0) is 21.6. The molecule has 1 N–H and O–H groups in total. The van der Waals surface area contributed by atoms with Gasteiger partial charge in [-0.2, -0.15) is 4.58 Å². The van der Waals surface area contributed by atoms with Crippen LogP contribution in [0.1, 0.15) is 31.9 Å². The van der Waals surface area contributed by atoms with Crippen LogP contribution in [0.2, 0.25) is 0 Å². The maximum absolute atomic E-state index is 10.5. The molecule has 1 aliphatic rings. The second-order valence-electron chi connectivity index (χ2n) is 8.37. The number of nitrogens with zero attached hydrogens (tertiary/aromatic N) is 2. The largest absolute Gasteiger partial charge is 0.507 e. The molecule has 1 aliphatic heterocycles. The number of thiazole rings is 1. The Morgan fingerprint density at radius 2 is 1.77 bits per heavy atom. The van der Waals surface area contributed by atoms with Crippen LogP contribution in [0.4, 0.5) is 5.69 Å². The van der Waals surface area contributed by atoms with Gasteiger partial charge in [-0.3, -0.25) is 0 Å². The van der Waals surface area contributed by atoms with E-state index in [4.69, 9.17) is 4.98 Å². The lowest BCUT2D eigenvalue weighted by molar-refractivity contribution is -0.433. The first-order valence-electron chi connectivity index (χ1n) is 10.6. The molecule has 0 atom stereocenters. The highest BCUT2D eigenvalue weighted by Gasteiger charge is 2.43. The molecule has 0 amide bonds. The lowest BCUT2D eigenvalue weighted by Crippen LogP contribution is -2.27. The van der Waals surface area contributed by atoms with Crippen LogP contribution in [0.15, 0.2) is 72.8 Å². The number of fused-ring (bicyclic) bond motifs is 2. The molecule has 154 valence electrons. The highest BCUT2D eigenvalue weighted by Crippen LogP contribution is 2.40. The Balaban J connectivity index is 1.54. The van der Waals surface area contributed by atoms with Crippen LogP contribution in [0.5, 0.6) is 5.75 Å². The Hall–Kier alpha value is -3.24. The Bertz CT molecular complexity index is 1330. The SMILES string of the molecule is CC[N+]1=C(C=Cc2ccc(O)c(-c3nc4ccccc4s3)c2)C(C)(C)c2ccccc21. The predicted molar refractivity (Wildman–Crippen MR) is 131 cm³/mol. The van der Waals surface area contributed by atoms with Crippen LogP contribution in [0, 0.1) is 0 Å². The number of phenolic OH excluding ortho intramolecular Hbond substituents is 1. The monoisotopic (exact) mass is 425 g/mol.